The zero-order valence-corrected chi connectivity index (χ0v) is 12.4. The van der Waals surface area contributed by atoms with Crippen LogP contribution in [0.4, 0.5) is 5.69 Å². The van der Waals surface area contributed by atoms with Crippen LogP contribution in [0.3, 0.4) is 0 Å². The van der Waals surface area contributed by atoms with Gasteiger partial charge in [-0.2, -0.15) is 12.7 Å². The minimum Gasteiger partial charge on any atom is -0.508 e. The molecule has 1 aliphatic rings. The third kappa shape index (κ3) is 3.23. The van der Waals surface area contributed by atoms with Gasteiger partial charge in [-0.25, -0.2) is 0 Å². The Bertz CT molecular complexity index is 548. The molecule has 1 aromatic rings. The largest absolute Gasteiger partial charge is 0.508 e. The molecule has 2 N–H and O–H groups in total. The number of rotatable bonds is 5. The lowest BCUT2D eigenvalue weighted by Crippen LogP contribution is -2.50. The number of nitrogens with zero attached hydrogens (tertiary/aromatic N) is 2. The summed E-state index contributed by atoms with van der Waals surface area (Å²) in [6, 6.07) is 6.37. The summed E-state index contributed by atoms with van der Waals surface area (Å²) in [6.45, 7) is 2.31. The molecule has 1 heterocycles. The van der Waals surface area contributed by atoms with Gasteiger partial charge in [0.15, 0.2) is 0 Å². The standard InChI is InChI=1S/C13H21N3O3S/c1-14-7-3-8-15-9-4-10-16(20(15,18)19)12-5-2-6-13(17)11-12/h2,5-6,11,14,17H,3-4,7-10H2,1H3. The van der Waals surface area contributed by atoms with Crippen molar-refractivity contribution in [2.45, 2.75) is 12.8 Å². The molecule has 1 fully saturated rings. The Morgan fingerprint density at radius 3 is 2.85 bits per heavy atom. The molecule has 2 rings (SSSR count). The Hall–Kier alpha value is -1.31. The molecule has 0 spiro atoms. The van der Waals surface area contributed by atoms with Crippen LogP contribution < -0.4 is 9.62 Å². The van der Waals surface area contributed by atoms with Gasteiger partial charge in [0.2, 0.25) is 0 Å². The van der Waals surface area contributed by atoms with Crippen LogP contribution in [0.5, 0.6) is 5.75 Å². The zero-order valence-electron chi connectivity index (χ0n) is 11.6. The topological polar surface area (TPSA) is 72.9 Å². The predicted octanol–water partition coefficient (Wildman–Crippen LogP) is 0.759. The maximum atomic E-state index is 12.6. The fraction of sp³-hybridized carbons (Fsp3) is 0.538. The first-order valence-corrected chi connectivity index (χ1v) is 8.17. The number of benzene rings is 1. The quantitative estimate of drug-likeness (QED) is 0.787. The van der Waals surface area contributed by atoms with E-state index in [9.17, 15) is 13.5 Å². The summed E-state index contributed by atoms with van der Waals surface area (Å²) < 4.78 is 28.0. The van der Waals surface area contributed by atoms with Crippen LogP contribution in [-0.2, 0) is 10.2 Å². The van der Waals surface area contributed by atoms with Gasteiger partial charge in [-0.05, 0) is 38.6 Å². The van der Waals surface area contributed by atoms with E-state index in [-0.39, 0.29) is 5.75 Å². The molecule has 1 aromatic carbocycles. The van der Waals surface area contributed by atoms with Gasteiger partial charge in [0.1, 0.15) is 5.75 Å². The van der Waals surface area contributed by atoms with Crippen LogP contribution in [0.15, 0.2) is 24.3 Å². The van der Waals surface area contributed by atoms with Crippen LogP contribution in [0.1, 0.15) is 12.8 Å². The fourth-order valence-electron chi connectivity index (χ4n) is 2.33. The minimum absolute atomic E-state index is 0.0741. The second-order valence-electron chi connectivity index (χ2n) is 4.81. The van der Waals surface area contributed by atoms with Gasteiger partial charge in [-0.15, -0.1) is 0 Å². The lowest BCUT2D eigenvalue weighted by Gasteiger charge is -2.36. The Morgan fingerprint density at radius 1 is 1.35 bits per heavy atom. The van der Waals surface area contributed by atoms with E-state index in [1.54, 1.807) is 12.1 Å². The van der Waals surface area contributed by atoms with E-state index < -0.39 is 10.2 Å². The van der Waals surface area contributed by atoms with Crippen molar-refractivity contribution in [3.8, 4) is 5.75 Å². The molecule has 20 heavy (non-hydrogen) atoms. The van der Waals surface area contributed by atoms with Crippen LogP contribution in [0, 0.1) is 0 Å². The summed E-state index contributed by atoms with van der Waals surface area (Å²) in [7, 11) is -1.64. The molecule has 6 nitrogen and oxygen atoms in total. The highest BCUT2D eigenvalue weighted by atomic mass is 32.2. The first kappa shape index (κ1) is 15.1. The average Bonchev–Trinajstić information content (AvgIpc) is 2.40. The number of nitrogens with one attached hydrogen (secondary N) is 1. The van der Waals surface area contributed by atoms with E-state index in [1.807, 2.05) is 7.05 Å². The third-order valence-corrected chi connectivity index (χ3v) is 5.29. The maximum absolute atomic E-state index is 12.6. The maximum Gasteiger partial charge on any atom is 0.304 e. The first-order chi connectivity index (χ1) is 9.55. The SMILES string of the molecule is CNCCCN1CCCN(c2cccc(O)c2)S1(=O)=O. The van der Waals surface area contributed by atoms with Crippen LogP contribution in [0.2, 0.25) is 0 Å². The molecule has 7 heteroatoms. The number of hydrogen-bond acceptors (Lipinski definition) is 4. The van der Waals surface area contributed by atoms with Crippen LogP contribution >= 0.6 is 0 Å². The van der Waals surface area contributed by atoms with Crippen LogP contribution in [-0.4, -0.2) is 51.1 Å². The Morgan fingerprint density at radius 2 is 2.15 bits per heavy atom. The Balaban J connectivity index is 2.17. The highest BCUT2D eigenvalue weighted by molar-refractivity contribution is 7.90. The fourth-order valence-corrected chi connectivity index (χ4v) is 4.07. The van der Waals surface area contributed by atoms with E-state index in [2.05, 4.69) is 5.32 Å². The highest BCUT2D eigenvalue weighted by Crippen LogP contribution is 2.27. The molecular formula is C13H21N3O3S. The van der Waals surface area contributed by atoms with Gasteiger partial charge in [0.05, 0.1) is 5.69 Å². The molecule has 0 atom stereocenters. The minimum atomic E-state index is -3.49. The lowest BCUT2D eigenvalue weighted by molar-refractivity contribution is 0.379. The highest BCUT2D eigenvalue weighted by Gasteiger charge is 2.33. The summed E-state index contributed by atoms with van der Waals surface area (Å²) in [4.78, 5) is 0. The molecule has 0 aromatic heterocycles. The summed E-state index contributed by atoms with van der Waals surface area (Å²) >= 11 is 0. The van der Waals surface area contributed by atoms with E-state index in [1.165, 1.54) is 20.7 Å². The van der Waals surface area contributed by atoms with Crippen molar-refractivity contribution in [2.24, 2.45) is 0 Å². The summed E-state index contributed by atoms with van der Waals surface area (Å²) in [6.07, 6.45) is 1.57. The van der Waals surface area contributed by atoms with Crippen molar-refractivity contribution in [1.82, 2.24) is 9.62 Å². The summed E-state index contributed by atoms with van der Waals surface area (Å²) in [5.41, 5.74) is 0.517. The van der Waals surface area contributed by atoms with Gasteiger partial charge in [-0.3, -0.25) is 4.31 Å². The monoisotopic (exact) mass is 299 g/mol. The third-order valence-electron chi connectivity index (χ3n) is 3.33. The van der Waals surface area contributed by atoms with Gasteiger partial charge < -0.3 is 10.4 Å². The van der Waals surface area contributed by atoms with Gasteiger partial charge in [-0.1, -0.05) is 6.07 Å². The Kier molecular flexibility index (Phi) is 4.85. The van der Waals surface area contributed by atoms with Crippen molar-refractivity contribution in [3.05, 3.63) is 24.3 Å². The van der Waals surface area contributed by atoms with Crippen LogP contribution in [0.25, 0.3) is 0 Å². The van der Waals surface area contributed by atoms with Crippen molar-refractivity contribution < 1.29 is 13.5 Å². The summed E-state index contributed by atoms with van der Waals surface area (Å²) in [5.74, 6) is 0.0741. The van der Waals surface area contributed by atoms with Crippen molar-refractivity contribution in [3.63, 3.8) is 0 Å². The van der Waals surface area contributed by atoms with Crippen molar-refractivity contribution >= 4 is 15.9 Å². The number of aromatic hydroxyl groups is 1. The van der Waals surface area contributed by atoms with Gasteiger partial charge >= 0.3 is 10.2 Å². The molecule has 0 bridgehead atoms. The molecule has 112 valence electrons. The van der Waals surface area contributed by atoms with Crippen molar-refractivity contribution in [2.75, 3.05) is 37.5 Å². The molecule has 1 saturated heterocycles. The average molecular weight is 299 g/mol. The molecule has 0 saturated carbocycles. The Labute approximate surface area is 120 Å². The summed E-state index contributed by atoms with van der Waals surface area (Å²) in [5, 5.41) is 12.5. The van der Waals surface area contributed by atoms with Gasteiger partial charge in [0.25, 0.3) is 0 Å². The zero-order chi connectivity index (χ0) is 14.6. The van der Waals surface area contributed by atoms with Gasteiger partial charge in [0, 0.05) is 25.7 Å². The molecule has 0 radical (unpaired) electrons. The normalized spacial score (nSPS) is 19.1. The van der Waals surface area contributed by atoms with Crippen molar-refractivity contribution in [1.29, 1.82) is 0 Å². The van der Waals surface area contributed by atoms with E-state index in [0.717, 1.165) is 19.4 Å². The number of phenols is 1. The van der Waals surface area contributed by atoms with E-state index in [4.69, 9.17) is 0 Å². The number of phenolic OH excluding ortho intramolecular Hbond substituents is 1. The second kappa shape index (κ2) is 6.43. The molecular weight excluding hydrogens is 278 g/mol. The lowest BCUT2D eigenvalue weighted by atomic mass is 10.3. The molecule has 0 aliphatic carbocycles. The van der Waals surface area contributed by atoms with E-state index in [0.29, 0.717) is 25.3 Å². The second-order valence-corrected chi connectivity index (χ2v) is 6.66. The molecule has 0 amide bonds. The molecule has 1 aliphatic heterocycles. The number of anilines is 1. The smallest absolute Gasteiger partial charge is 0.304 e. The number of hydrogen-bond donors (Lipinski definition) is 2. The van der Waals surface area contributed by atoms with E-state index >= 15 is 0 Å². The first-order valence-electron chi connectivity index (χ1n) is 6.77. The molecule has 0 unspecified atom stereocenters. The predicted molar refractivity (Wildman–Crippen MR) is 79.1 cm³/mol.